The Balaban J connectivity index is 1.03. The van der Waals surface area contributed by atoms with Crippen molar-refractivity contribution in [3.63, 3.8) is 0 Å². The highest BCUT2D eigenvalue weighted by Gasteiger charge is 2.62. The largest absolute Gasteiger partial charge is 0.310 e. The Morgan fingerprint density at radius 1 is 0.439 bits per heavy atom. The monoisotopic (exact) mass is 735 g/mol. The van der Waals surface area contributed by atoms with Crippen molar-refractivity contribution in [2.24, 2.45) is 23.7 Å². The van der Waals surface area contributed by atoms with Crippen LogP contribution in [0.3, 0.4) is 0 Å². The van der Waals surface area contributed by atoms with Gasteiger partial charge in [-0.3, -0.25) is 0 Å². The van der Waals surface area contributed by atoms with Crippen LogP contribution >= 0.6 is 0 Å². The maximum atomic E-state index is 2.65. The molecule has 0 aromatic heterocycles. The van der Waals surface area contributed by atoms with Gasteiger partial charge in [0.15, 0.2) is 0 Å². The summed E-state index contributed by atoms with van der Waals surface area (Å²) in [5.41, 5.74) is 18.8. The molecule has 0 atom stereocenters. The third kappa shape index (κ3) is 4.41. The van der Waals surface area contributed by atoms with Gasteiger partial charge >= 0.3 is 0 Å². The van der Waals surface area contributed by atoms with Gasteiger partial charge < -0.3 is 4.90 Å². The van der Waals surface area contributed by atoms with E-state index in [2.05, 4.69) is 157 Å². The molecule has 1 nitrogen and oxygen atoms in total. The molecule has 0 aliphatic heterocycles. The molecule has 7 aliphatic carbocycles. The molecule has 0 heterocycles. The standard InChI is InChI=1S/C56H49N/c1-8-28-55(29-9-1)49-18-6-4-15-46(49)47-27-26-43(35-52(47)55)57(42-24-22-39(23-25-42)45-17-10-13-38-12-2-3-14-44(38)45)53-21-11-20-51-54(53)48-16-5-7-19-50(48)56(51)40-31-36-30-37(33-40)34-41(56)32-36/h2-7,10-27,35-37,40-41H,1,8-9,28-34H2. The van der Waals surface area contributed by atoms with Crippen LogP contribution in [0.5, 0.6) is 0 Å². The van der Waals surface area contributed by atoms with E-state index in [1.54, 1.807) is 22.3 Å². The number of benzene rings is 7. The number of nitrogens with zero attached hydrogens (tertiary/aromatic N) is 1. The van der Waals surface area contributed by atoms with Crippen molar-refractivity contribution in [2.75, 3.05) is 4.90 Å². The van der Waals surface area contributed by atoms with Crippen molar-refractivity contribution in [1.82, 2.24) is 0 Å². The second-order valence-electron chi connectivity index (χ2n) is 18.7. The lowest BCUT2D eigenvalue weighted by atomic mass is 9.43. The molecule has 0 amide bonds. The van der Waals surface area contributed by atoms with Gasteiger partial charge in [-0.15, -0.1) is 0 Å². The summed E-state index contributed by atoms with van der Waals surface area (Å²) in [6.45, 7) is 0. The number of anilines is 3. The van der Waals surface area contributed by atoms with Crippen LogP contribution in [0, 0.1) is 23.7 Å². The highest BCUT2D eigenvalue weighted by Crippen LogP contribution is 2.70. The van der Waals surface area contributed by atoms with E-state index in [1.165, 1.54) is 125 Å². The van der Waals surface area contributed by atoms with Gasteiger partial charge in [-0.2, -0.15) is 0 Å². The summed E-state index contributed by atoms with van der Waals surface area (Å²) < 4.78 is 0. The highest BCUT2D eigenvalue weighted by atomic mass is 15.1. The number of hydrogen-bond acceptors (Lipinski definition) is 1. The maximum Gasteiger partial charge on any atom is 0.0543 e. The zero-order valence-corrected chi connectivity index (χ0v) is 32.8. The van der Waals surface area contributed by atoms with Gasteiger partial charge in [0.05, 0.1) is 5.69 Å². The Bertz CT molecular complexity index is 2710. The third-order valence-corrected chi connectivity index (χ3v) is 16.2. The van der Waals surface area contributed by atoms with Gasteiger partial charge in [-0.05, 0) is 160 Å². The molecule has 57 heavy (non-hydrogen) atoms. The molecule has 0 unspecified atom stereocenters. The first-order valence-electron chi connectivity index (χ1n) is 22.1. The molecule has 7 aromatic rings. The van der Waals surface area contributed by atoms with Crippen LogP contribution in [0.2, 0.25) is 0 Å². The zero-order chi connectivity index (χ0) is 37.3. The summed E-state index contributed by atoms with van der Waals surface area (Å²) >= 11 is 0. The van der Waals surface area contributed by atoms with Crippen molar-refractivity contribution < 1.29 is 0 Å². The Morgan fingerprint density at radius 3 is 1.86 bits per heavy atom. The van der Waals surface area contributed by atoms with Crippen molar-refractivity contribution in [1.29, 1.82) is 0 Å². The minimum Gasteiger partial charge on any atom is -0.310 e. The first kappa shape index (κ1) is 32.7. The molecule has 7 aromatic carbocycles. The molecule has 0 N–H and O–H groups in total. The molecule has 7 aliphatic rings. The van der Waals surface area contributed by atoms with E-state index in [0.717, 1.165) is 23.7 Å². The first-order valence-corrected chi connectivity index (χ1v) is 22.1. The van der Waals surface area contributed by atoms with Crippen LogP contribution in [0.4, 0.5) is 17.1 Å². The summed E-state index contributed by atoms with van der Waals surface area (Å²) in [5, 5.41) is 2.59. The predicted molar refractivity (Wildman–Crippen MR) is 237 cm³/mol. The zero-order valence-electron chi connectivity index (χ0n) is 32.8. The summed E-state index contributed by atoms with van der Waals surface area (Å²) in [5.74, 6) is 3.34. The summed E-state index contributed by atoms with van der Waals surface area (Å²) in [6, 6.07) is 59.0. The van der Waals surface area contributed by atoms with E-state index in [0.29, 0.717) is 0 Å². The van der Waals surface area contributed by atoms with E-state index in [1.807, 2.05) is 0 Å². The first-order chi connectivity index (χ1) is 28.2. The minimum absolute atomic E-state index is 0.0970. The number of rotatable bonds is 4. The lowest BCUT2D eigenvalue weighted by Gasteiger charge is -2.61. The summed E-state index contributed by atoms with van der Waals surface area (Å²) in [6.07, 6.45) is 13.5. The SMILES string of the molecule is c1ccc2c(c1)-c1ccc(N(c3ccc(-c4cccc5ccccc45)cc3)c3cccc4c3-c3ccccc3C43C4CC5CC(C4)CC3C5)cc1C21CCCCC1. The van der Waals surface area contributed by atoms with E-state index in [4.69, 9.17) is 0 Å². The molecule has 0 radical (unpaired) electrons. The minimum atomic E-state index is 0.0970. The fourth-order valence-corrected chi connectivity index (χ4v) is 14.3. The Morgan fingerprint density at radius 2 is 1.05 bits per heavy atom. The lowest BCUT2D eigenvalue weighted by Crippen LogP contribution is -2.55. The van der Waals surface area contributed by atoms with Crippen molar-refractivity contribution in [3.05, 3.63) is 174 Å². The Hall–Kier alpha value is -5.40. The van der Waals surface area contributed by atoms with Crippen LogP contribution in [0.1, 0.15) is 86.5 Å². The van der Waals surface area contributed by atoms with Crippen molar-refractivity contribution in [2.45, 2.75) is 75.0 Å². The molecule has 0 saturated heterocycles. The van der Waals surface area contributed by atoms with Gasteiger partial charge in [-0.1, -0.05) is 141 Å². The average Bonchev–Trinajstić information content (AvgIpc) is 3.70. The summed E-state index contributed by atoms with van der Waals surface area (Å²) in [4.78, 5) is 2.65. The molecule has 5 saturated carbocycles. The van der Waals surface area contributed by atoms with Crippen molar-refractivity contribution >= 4 is 27.8 Å². The van der Waals surface area contributed by atoms with Gasteiger partial charge in [0.1, 0.15) is 0 Å². The van der Waals surface area contributed by atoms with Crippen LogP contribution < -0.4 is 4.90 Å². The molecular weight excluding hydrogens is 687 g/mol. The molecule has 14 rings (SSSR count). The predicted octanol–water partition coefficient (Wildman–Crippen LogP) is 14.9. The molecule has 5 fully saturated rings. The maximum absolute atomic E-state index is 2.65. The van der Waals surface area contributed by atoms with Gasteiger partial charge in [0.25, 0.3) is 0 Å². The molecule has 4 bridgehead atoms. The van der Waals surface area contributed by atoms with E-state index in [9.17, 15) is 0 Å². The third-order valence-electron chi connectivity index (χ3n) is 16.2. The van der Waals surface area contributed by atoms with Crippen LogP contribution in [0.25, 0.3) is 44.2 Å². The molecule has 2 spiro atoms. The lowest BCUT2D eigenvalue weighted by molar-refractivity contribution is -0.0399. The van der Waals surface area contributed by atoms with Crippen molar-refractivity contribution in [3.8, 4) is 33.4 Å². The van der Waals surface area contributed by atoms with Gasteiger partial charge in [-0.25, -0.2) is 0 Å². The second-order valence-corrected chi connectivity index (χ2v) is 18.7. The smallest absolute Gasteiger partial charge is 0.0543 e. The number of fused-ring (bicyclic) bond motifs is 9. The Kier molecular flexibility index (Phi) is 6.91. The van der Waals surface area contributed by atoms with Crippen LogP contribution in [-0.4, -0.2) is 0 Å². The highest BCUT2D eigenvalue weighted by molar-refractivity contribution is 5.99. The van der Waals surface area contributed by atoms with Gasteiger partial charge in [0, 0.05) is 27.8 Å². The van der Waals surface area contributed by atoms with E-state index < -0.39 is 0 Å². The summed E-state index contributed by atoms with van der Waals surface area (Å²) in [7, 11) is 0. The topological polar surface area (TPSA) is 3.24 Å². The fourth-order valence-electron chi connectivity index (χ4n) is 14.3. The van der Waals surface area contributed by atoms with Crippen LogP contribution in [0.15, 0.2) is 152 Å². The van der Waals surface area contributed by atoms with Gasteiger partial charge in [0.2, 0.25) is 0 Å². The van der Waals surface area contributed by atoms with Crippen LogP contribution in [-0.2, 0) is 10.8 Å². The Labute approximate surface area is 337 Å². The molecule has 278 valence electrons. The average molecular weight is 736 g/mol. The van der Waals surface area contributed by atoms with E-state index >= 15 is 0 Å². The second kappa shape index (κ2) is 12.1. The normalized spacial score (nSPS) is 25.4. The quantitative estimate of drug-likeness (QED) is 0.174. The number of hydrogen-bond donors (Lipinski definition) is 0. The molecule has 1 heteroatoms. The fraction of sp³-hybridized carbons (Fsp3) is 0.286. The van der Waals surface area contributed by atoms with E-state index in [-0.39, 0.29) is 10.8 Å². The molecular formula is C56H49N.